The summed E-state index contributed by atoms with van der Waals surface area (Å²) in [6.07, 6.45) is 0. The van der Waals surface area contributed by atoms with E-state index in [0.29, 0.717) is 33.6 Å². The number of hydrogen-bond acceptors (Lipinski definition) is 4. The third-order valence-corrected chi connectivity index (χ3v) is 6.14. The average Bonchev–Trinajstić information content (AvgIpc) is 2.76. The molecule has 1 atom stereocenters. The monoisotopic (exact) mass is 505 g/mol. The maximum atomic E-state index is 12.9. The number of esters is 1. The second kappa shape index (κ2) is 10.5. The summed E-state index contributed by atoms with van der Waals surface area (Å²) in [5.41, 5.74) is 2.93. The molecule has 3 rings (SSSR count). The Labute approximate surface area is 208 Å². The Hall–Kier alpha value is -2.61. The van der Waals surface area contributed by atoms with Gasteiger partial charge in [-0.1, -0.05) is 49.2 Å². The highest BCUT2D eigenvalue weighted by Crippen LogP contribution is 2.31. The van der Waals surface area contributed by atoms with Gasteiger partial charge in [-0.2, -0.15) is 0 Å². The Kier molecular flexibility index (Phi) is 8.00. The zero-order valence-corrected chi connectivity index (χ0v) is 21.1. The van der Waals surface area contributed by atoms with Crippen LogP contribution < -0.4 is 10.6 Å². The standard InChI is InChI=1S/C24H25Cl2N3O3S/c1-13(2)12-32-23(31)20-14(3)29(4)24(33)28-21(20)15-5-8-17(9-6-15)27-22(30)18-10-7-16(25)11-19(18)26/h5-11,13,21H,12H2,1-4H3,(H,27,30)(H,28,33). The molecule has 0 fully saturated rings. The second-order valence-corrected chi connectivity index (χ2v) is 9.36. The van der Waals surface area contributed by atoms with Crippen molar-refractivity contribution in [2.24, 2.45) is 5.92 Å². The molecular formula is C24H25Cl2N3O3S. The highest BCUT2D eigenvalue weighted by molar-refractivity contribution is 7.80. The quantitative estimate of drug-likeness (QED) is 0.394. The van der Waals surface area contributed by atoms with Crippen molar-refractivity contribution >= 4 is 58.1 Å². The summed E-state index contributed by atoms with van der Waals surface area (Å²) in [4.78, 5) is 27.2. The zero-order chi connectivity index (χ0) is 24.3. The molecule has 33 heavy (non-hydrogen) atoms. The van der Waals surface area contributed by atoms with Gasteiger partial charge >= 0.3 is 5.97 Å². The van der Waals surface area contributed by atoms with Crippen molar-refractivity contribution in [3.63, 3.8) is 0 Å². The van der Waals surface area contributed by atoms with Crippen LogP contribution in [-0.2, 0) is 9.53 Å². The smallest absolute Gasteiger partial charge is 0.338 e. The van der Waals surface area contributed by atoms with Crippen LogP contribution in [0.1, 0.15) is 42.7 Å². The summed E-state index contributed by atoms with van der Waals surface area (Å²) in [5, 5.41) is 7.26. The predicted molar refractivity (Wildman–Crippen MR) is 136 cm³/mol. The third kappa shape index (κ3) is 5.85. The van der Waals surface area contributed by atoms with Gasteiger partial charge in [-0.05, 0) is 61.0 Å². The molecule has 2 aromatic carbocycles. The lowest BCUT2D eigenvalue weighted by atomic mass is 9.95. The number of carbonyl (C=O) groups is 2. The molecule has 174 valence electrons. The molecule has 0 radical (unpaired) electrons. The van der Waals surface area contributed by atoms with Gasteiger partial charge in [0.25, 0.3) is 5.91 Å². The third-order valence-electron chi connectivity index (χ3n) is 5.20. The molecule has 0 aliphatic carbocycles. The second-order valence-electron chi connectivity index (χ2n) is 8.13. The fourth-order valence-electron chi connectivity index (χ4n) is 3.30. The Morgan fingerprint density at radius 3 is 2.45 bits per heavy atom. The van der Waals surface area contributed by atoms with E-state index in [4.69, 9.17) is 40.2 Å². The van der Waals surface area contributed by atoms with Crippen LogP contribution in [0.2, 0.25) is 10.0 Å². The van der Waals surface area contributed by atoms with Crippen LogP contribution in [0.3, 0.4) is 0 Å². The topological polar surface area (TPSA) is 70.7 Å². The fourth-order valence-corrected chi connectivity index (χ4v) is 4.05. The first-order chi connectivity index (χ1) is 15.6. The number of allylic oxidation sites excluding steroid dienone is 1. The van der Waals surface area contributed by atoms with Crippen LogP contribution >= 0.6 is 35.4 Å². The maximum Gasteiger partial charge on any atom is 0.338 e. The van der Waals surface area contributed by atoms with Crippen molar-refractivity contribution in [3.05, 3.63) is 74.9 Å². The van der Waals surface area contributed by atoms with Gasteiger partial charge in [-0.15, -0.1) is 0 Å². The molecule has 9 heteroatoms. The Morgan fingerprint density at radius 2 is 1.85 bits per heavy atom. The SMILES string of the molecule is CC1=C(C(=O)OCC(C)C)C(c2ccc(NC(=O)c3ccc(Cl)cc3Cl)cc2)NC(=S)N1C. The predicted octanol–water partition coefficient (Wildman–Crippen LogP) is 5.58. The largest absolute Gasteiger partial charge is 0.462 e. The maximum absolute atomic E-state index is 12.9. The van der Waals surface area contributed by atoms with Crippen LogP contribution in [0.5, 0.6) is 0 Å². The summed E-state index contributed by atoms with van der Waals surface area (Å²) >= 11 is 17.5. The highest BCUT2D eigenvalue weighted by atomic mass is 35.5. The van der Waals surface area contributed by atoms with Gasteiger partial charge in [0.05, 0.1) is 28.8 Å². The summed E-state index contributed by atoms with van der Waals surface area (Å²) in [6.45, 7) is 6.14. The molecule has 0 saturated carbocycles. The first-order valence-corrected chi connectivity index (χ1v) is 11.5. The van der Waals surface area contributed by atoms with E-state index in [-0.39, 0.29) is 22.8 Å². The van der Waals surface area contributed by atoms with Crippen molar-refractivity contribution in [1.82, 2.24) is 10.2 Å². The van der Waals surface area contributed by atoms with Crippen molar-refractivity contribution in [2.45, 2.75) is 26.8 Å². The first kappa shape index (κ1) is 25.0. The Bertz CT molecular complexity index is 1120. The zero-order valence-electron chi connectivity index (χ0n) is 18.7. The number of thiocarbonyl (C=S) groups is 1. The van der Waals surface area contributed by atoms with E-state index in [0.717, 1.165) is 11.3 Å². The Morgan fingerprint density at radius 1 is 1.18 bits per heavy atom. The molecule has 0 spiro atoms. The minimum absolute atomic E-state index is 0.223. The van der Waals surface area contributed by atoms with Crippen LogP contribution in [0.25, 0.3) is 0 Å². The lowest BCUT2D eigenvalue weighted by Gasteiger charge is -2.35. The van der Waals surface area contributed by atoms with E-state index < -0.39 is 6.04 Å². The molecule has 1 aliphatic heterocycles. The summed E-state index contributed by atoms with van der Waals surface area (Å²) < 4.78 is 5.51. The lowest BCUT2D eigenvalue weighted by molar-refractivity contribution is -0.140. The molecule has 2 aromatic rings. The number of nitrogens with one attached hydrogen (secondary N) is 2. The average molecular weight is 506 g/mol. The van der Waals surface area contributed by atoms with Gasteiger partial charge in [0, 0.05) is 23.5 Å². The van der Waals surface area contributed by atoms with Crippen molar-refractivity contribution in [2.75, 3.05) is 19.0 Å². The van der Waals surface area contributed by atoms with Gasteiger partial charge in [0.1, 0.15) is 0 Å². The van der Waals surface area contributed by atoms with Crippen molar-refractivity contribution < 1.29 is 14.3 Å². The molecule has 1 heterocycles. The van der Waals surface area contributed by atoms with Gasteiger partial charge < -0.3 is 20.3 Å². The van der Waals surface area contributed by atoms with Gasteiger partial charge in [-0.3, -0.25) is 4.79 Å². The molecule has 0 bridgehead atoms. The molecule has 0 aromatic heterocycles. The number of halogens is 2. The summed E-state index contributed by atoms with van der Waals surface area (Å²) in [7, 11) is 1.80. The number of amides is 1. The van der Waals surface area contributed by atoms with Crippen LogP contribution in [0.4, 0.5) is 5.69 Å². The summed E-state index contributed by atoms with van der Waals surface area (Å²) in [6, 6.07) is 11.4. The van der Waals surface area contributed by atoms with Crippen molar-refractivity contribution in [1.29, 1.82) is 0 Å². The van der Waals surface area contributed by atoms with Gasteiger partial charge in [0.2, 0.25) is 0 Å². The molecule has 0 saturated heterocycles. The number of carbonyl (C=O) groups excluding carboxylic acids is 2. The number of nitrogens with zero attached hydrogens (tertiary/aromatic N) is 1. The minimum Gasteiger partial charge on any atom is -0.462 e. The number of hydrogen-bond donors (Lipinski definition) is 2. The molecule has 1 amide bonds. The van der Waals surface area contributed by atoms with E-state index in [1.54, 1.807) is 36.2 Å². The van der Waals surface area contributed by atoms with Crippen LogP contribution in [0.15, 0.2) is 53.7 Å². The first-order valence-electron chi connectivity index (χ1n) is 10.4. The number of anilines is 1. The normalized spacial score (nSPS) is 16.0. The van der Waals surface area contributed by atoms with Crippen molar-refractivity contribution in [3.8, 4) is 0 Å². The molecule has 6 nitrogen and oxygen atoms in total. The molecular weight excluding hydrogens is 481 g/mol. The van der Waals surface area contributed by atoms with E-state index in [9.17, 15) is 9.59 Å². The minimum atomic E-state index is -0.469. The van der Waals surface area contributed by atoms with Gasteiger partial charge in [-0.25, -0.2) is 4.79 Å². The number of rotatable bonds is 6. The molecule has 2 N–H and O–H groups in total. The van der Waals surface area contributed by atoms with E-state index in [1.165, 1.54) is 6.07 Å². The number of ether oxygens (including phenoxy) is 1. The van der Waals surface area contributed by atoms with E-state index >= 15 is 0 Å². The van der Waals surface area contributed by atoms with Crippen LogP contribution in [0, 0.1) is 5.92 Å². The van der Waals surface area contributed by atoms with E-state index in [2.05, 4.69) is 10.6 Å². The highest BCUT2D eigenvalue weighted by Gasteiger charge is 2.33. The lowest BCUT2D eigenvalue weighted by Crippen LogP contribution is -2.46. The number of benzene rings is 2. The van der Waals surface area contributed by atoms with E-state index in [1.807, 2.05) is 32.9 Å². The molecule has 1 unspecified atom stereocenters. The van der Waals surface area contributed by atoms with Gasteiger partial charge in [0.15, 0.2) is 5.11 Å². The van der Waals surface area contributed by atoms with Crippen LogP contribution in [-0.4, -0.2) is 35.5 Å². The summed E-state index contributed by atoms with van der Waals surface area (Å²) in [5.74, 6) is -0.514. The molecule has 1 aliphatic rings. The Balaban J connectivity index is 1.83. The fraction of sp³-hybridized carbons (Fsp3) is 0.292.